The van der Waals surface area contributed by atoms with E-state index in [0.29, 0.717) is 17.8 Å². The third kappa shape index (κ3) is 4.54. The largest absolute Gasteiger partial charge is 0.324 e. The lowest BCUT2D eigenvalue weighted by molar-refractivity contribution is 0.980. The van der Waals surface area contributed by atoms with Gasteiger partial charge in [0.15, 0.2) is 0 Å². The normalized spacial score (nSPS) is 13.3. The Morgan fingerprint density at radius 3 is 1.57 bits per heavy atom. The molecule has 0 aliphatic heterocycles. The lowest BCUT2D eigenvalue weighted by Gasteiger charge is -2.15. The fourth-order valence-corrected chi connectivity index (χ4v) is 2.91. The summed E-state index contributed by atoms with van der Waals surface area (Å²) in [5.74, 6) is 1.44. The molecule has 0 radical (unpaired) electrons. The van der Waals surface area contributed by atoms with Crippen LogP contribution in [0.1, 0.15) is 19.8 Å². The number of benzene rings is 2. The van der Waals surface area contributed by atoms with E-state index in [2.05, 4.69) is 50.0 Å². The van der Waals surface area contributed by atoms with Crippen LogP contribution in [0.25, 0.3) is 0 Å². The number of nitrogens with zero attached hydrogens (tertiary/aromatic N) is 3. The highest BCUT2D eigenvalue weighted by Crippen LogP contribution is 2.22. The van der Waals surface area contributed by atoms with Crippen molar-refractivity contribution in [2.45, 2.75) is 19.8 Å². The average molecular weight is 370 g/mol. The number of hydrogen-bond acceptors (Lipinski definition) is 6. The molecule has 0 amide bonds. The van der Waals surface area contributed by atoms with Crippen molar-refractivity contribution < 1.29 is 0 Å². The zero-order valence-electron chi connectivity index (χ0n) is 15.7. The van der Waals surface area contributed by atoms with E-state index in [1.54, 1.807) is 0 Å². The van der Waals surface area contributed by atoms with Gasteiger partial charge in [-0.25, -0.2) is 0 Å². The molecule has 2 aromatic carbocycles. The molecule has 1 aliphatic rings. The molecule has 1 aliphatic carbocycles. The van der Waals surface area contributed by atoms with Gasteiger partial charge in [-0.1, -0.05) is 48.6 Å². The second kappa shape index (κ2) is 8.35. The van der Waals surface area contributed by atoms with Crippen LogP contribution in [0.15, 0.2) is 84.1 Å². The van der Waals surface area contributed by atoms with Crippen molar-refractivity contribution in [3.63, 3.8) is 0 Å². The number of nitrogens with one attached hydrogen (secondary N) is 3. The van der Waals surface area contributed by atoms with Crippen molar-refractivity contribution in [3.05, 3.63) is 84.1 Å². The van der Waals surface area contributed by atoms with Gasteiger partial charge in [0.1, 0.15) is 0 Å². The Balaban J connectivity index is 1.64. The molecule has 0 unspecified atom stereocenters. The van der Waals surface area contributed by atoms with Crippen molar-refractivity contribution in [2.24, 2.45) is 0 Å². The van der Waals surface area contributed by atoms with Gasteiger partial charge in [-0.2, -0.15) is 15.0 Å². The molecule has 28 heavy (non-hydrogen) atoms. The predicted molar refractivity (Wildman–Crippen MR) is 114 cm³/mol. The Kier molecular flexibility index (Phi) is 5.29. The minimum absolute atomic E-state index is 0.472. The Labute approximate surface area is 164 Å². The zero-order valence-corrected chi connectivity index (χ0v) is 15.7. The highest BCUT2D eigenvalue weighted by Gasteiger charge is 2.11. The molecule has 1 aromatic heterocycles. The van der Waals surface area contributed by atoms with Crippen molar-refractivity contribution >= 4 is 29.2 Å². The van der Waals surface area contributed by atoms with Crippen molar-refractivity contribution in [2.75, 3.05) is 16.0 Å². The first-order chi connectivity index (χ1) is 13.8. The first kappa shape index (κ1) is 17.7. The van der Waals surface area contributed by atoms with E-state index in [0.717, 1.165) is 29.9 Å². The summed E-state index contributed by atoms with van der Waals surface area (Å²) in [6.07, 6.45) is 6.47. The van der Waals surface area contributed by atoms with Gasteiger partial charge in [0.05, 0.1) is 0 Å². The number of para-hydroxylation sites is 2. The second-order valence-corrected chi connectivity index (χ2v) is 6.50. The number of hydrogen-bond donors (Lipinski definition) is 3. The fourth-order valence-electron chi connectivity index (χ4n) is 2.91. The summed E-state index contributed by atoms with van der Waals surface area (Å²) in [6, 6.07) is 19.7. The fraction of sp³-hybridized carbons (Fsp3) is 0.136. The zero-order chi connectivity index (χ0) is 19.2. The highest BCUT2D eigenvalue weighted by molar-refractivity contribution is 5.60. The molecule has 0 atom stereocenters. The minimum atomic E-state index is 0.472. The monoisotopic (exact) mass is 370 g/mol. The van der Waals surface area contributed by atoms with E-state index >= 15 is 0 Å². The Bertz CT molecular complexity index is 936. The molecule has 0 saturated heterocycles. The summed E-state index contributed by atoms with van der Waals surface area (Å²) in [5, 5.41) is 9.82. The van der Waals surface area contributed by atoms with Gasteiger partial charge >= 0.3 is 0 Å². The van der Waals surface area contributed by atoms with Gasteiger partial charge in [0, 0.05) is 17.1 Å². The number of rotatable bonds is 6. The lowest BCUT2D eigenvalue weighted by Crippen LogP contribution is -2.11. The first-order valence-electron chi connectivity index (χ1n) is 9.31. The molecule has 3 aromatic rings. The first-order valence-corrected chi connectivity index (χ1v) is 9.31. The minimum Gasteiger partial charge on any atom is -0.324 e. The highest BCUT2D eigenvalue weighted by atomic mass is 15.3. The second-order valence-electron chi connectivity index (χ2n) is 6.50. The van der Waals surface area contributed by atoms with Crippen LogP contribution in [0.3, 0.4) is 0 Å². The van der Waals surface area contributed by atoms with Gasteiger partial charge < -0.3 is 16.0 Å². The van der Waals surface area contributed by atoms with E-state index in [1.165, 1.54) is 5.57 Å². The van der Waals surface area contributed by atoms with E-state index in [-0.39, 0.29) is 0 Å². The van der Waals surface area contributed by atoms with Crippen molar-refractivity contribution in [1.29, 1.82) is 0 Å². The summed E-state index contributed by atoms with van der Waals surface area (Å²) < 4.78 is 0. The summed E-state index contributed by atoms with van der Waals surface area (Å²) in [4.78, 5) is 13.6. The third-order valence-corrected chi connectivity index (χ3v) is 4.33. The number of aromatic nitrogens is 3. The number of anilines is 5. The maximum Gasteiger partial charge on any atom is 0.233 e. The van der Waals surface area contributed by atoms with Gasteiger partial charge in [0.25, 0.3) is 0 Å². The molecule has 0 saturated carbocycles. The smallest absolute Gasteiger partial charge is 0.233 e. The summed E-state index contributed by atoms with van der Waals surface area (Å²) in [7, 11) is 0. The quantitative estimate of drug-likeness (QED) is 0.540. The molecule has 6 nitrogen and oxygen atoms in total. The Morgan fingerprint density at radius 2 is 1.07 bits per heavy atom. The SMILES string of the molecule is CC1=CCCC=C1Nc1nc(Nc2ccccc2)nc(Nc2ccccc2)n1. The van der Waals surface area contributed by atoms with E-state index in [1.807, 2.05) is 60.7 Å². The van der Waals surface area contributed by atoms with Gasteiger partial charge in [-0.05, 0) is 49.6 Å². The third-order valence-electron chi connectivity index (χ3n) is 4.33. The Hall–Kier alpha value is -3.67. The van der Waals surface area contributed by atoms with Crippen molar-refractivity contribution in [1.82, 2.24) is 15.0 Å². The van der Waals surface area contributed by atoms with E-state index < -0.39 is 0 Å². The van der Waals surface area contributed by atoms with Gasteiger partial charge in [-0.3, -0.25) is 0 Å². The van der Waals surface area contributed by atoms with Crippen LogP contribution in [0.5, 0.6) is 0 Å². The molecule has 0 fully saturated rings. The van der Waals surface area contributed by atoms with Crippen LogP contribution in [-0.2, 0) is 0 Å². The topological polar surface area (TPSA) is 74.8 Å². The molecule has 6 heteroatoms. The predicted octanol–water partition coefficient (Wildman–Crippen LogP) is 5.39. The molecule has 1 heterocycles. The van der Waals surface area contributed by atoms with Crippen LogP contribution in [0.4, 0.5) is 29.2 Å². The van der Waals surface area contributed by atoms with Gasteiger partial charge in [0.2, 0.25) is 17.8 Å². The maximum absolute atomic E-state index is 4.55. The standard InChI is InChI=1S/C22H22N6/c1-16-10-8-9-15-19(16)25-22-27-20(23-17-11-4-2-5-12-17)26-21(28-22)24-18-13-6-3-7-14-18/h2-7,10-15H,8-9H2,1H3,(H3,23,24,25,26,27,28). The molecular weight excluding hydrogens is 348 g/mol. The molecule has 0 spiro atoms. The molecule has 140 valence electrons. The van der Waals surface area contributed by atoms with Crippen LogP contribution >= 0.6 is 0 Å². The lowest BCUT2D eigenvalue weighted by atomic mass is 10.1. The summed E-state index contributed by atoms with van der Waals surface area (Å²) >= 11 is 0. The van der Waals surface area contributed by atoms with Crippen LogP contribution in [0.2, 0.25) is 0 Å². The maximum atomic E-state index is 4.55. The molecule has 3 N–H and O–H groups in total. The Morgan fingerprint density at radius 1 is 0.607 bits per heavy atom. The summed E-state index contributed by atoms with van der Waals surface area (Å²) in [6.45, 7) is 2.09. The van der Waals surface area contributed by atoms with Crippen LogP contribution in [0, 0.1) is 0 Å². The van der Waals surface area contributed by atoms with E-state index in [9.17, 15) is 0 Å². The van der Waals surface area contributed by atoms with Gasteiger partial charge in [-0.15, -0.1) is 0 Å². The molecule has 0 bridgehead atoms. The van der Waals surface area contributed by atoms with E-state index in [4.69, 9.17) is 0 Å². The van der Waals surface area contributed by atoms with Crippen LogP contribution < -0.4 is 16.0 Å². The number of allylic oxidation sites excluding steroid dienone is 3. The summed E-state index contributed by atoms with van der Waals surface area (Å²) in [5.41, 5.74) is 4.06. The molecule has 4 rings (SSSR count). The van der Waals surface area contributed by atoms with Crippen LogP contribution in [-0.4, -0.2) is 15.0 Å². The molecular formula is C22H22N6. The average Bonchev–Trinajstić information content (AvgIpc) is 2.71. The van der Waals surface area contributed by atoms with Crippen molar-refractivity contribution in [3.8, 4) is 0 Å².